The highest BCUT2D eigenvalue weighted by Gasteiger charge is 2.19. The van der Waals surface area contributed by atoms with E-state index in [0.717, 1.165) is 25.4 Å². The zero-order valence-electron chi connectivity index (χ0n) is 10.9. The molecule has 0 saturated carbocycles. The van der Waals surface area contributed by atoms with Crippen molar-refractivity contribution in [2.24, 2.45) is 0 Å². The average Bonchev–Trinajstić information content (AvgIpc) is 2.39. The van der Waals surface area contributed by atoms with E-state index in [1.807, 2.05) is 30.3 Å². The van der Waals surface area contributed by atoms with Gasteiger partial charge in [-0.2, -0.15) is 0 Å². The standard InChI is InChI=1S/C13H20N2O2.2ClH/c16-12(10-15-8-6-14-7-9-15)11-17-13-4-2-1-3-5-13;;/h1-5,12,14,16H,6-11H2;2*1H. The van der Waals surface area contributed by atoms with E-state index in [0.29, 0.717) is 6.61 Å². The van der Waals surface area contributed by atoms with Crippen molar-refractivity contribution in [3.63, 3.8) is 0 Å². The van der Waals surface area contributed by atoms with Gasteiger partial charge >= 0.3 is 0 Å². The minimum atomic E-state index is -0.372. The molecule has 110 valence electrons. The number of piperazine rings is 1. The lowest BCUT2D eigenvalue weighted by molar-refractivity contribution is -0.949. The number of aliphatic hydroxyl groups excluding tert-OH is 1. The number of aliphatic hydroxyl groups is 1. The van der Waals surface area contributed by atoms with Crippen LogP contribution in [0.15, 0.2) is 30.3 Å². The number of hydrogen-bond donors (Lipinski definition) is 3. The molecule has 1 unspecified atom stereocenters. The van der Waals surface area contributed by atoms with E-state index in [-0.39, 0.29) is 30.9 Å². The maximum absolute atomic E-state index is 9.91. The Morgan fingerprint density at radius 1 is 1.16 bits per heavy atom. The van der Waals surface area contributed by atoms with Crippen molar-refractivity contribution in [1.82, 2.24) is 0 Å². The molecule has 1 saturated heterocycles. The molecule has 1 aliphatic heterocycles. The summed E-state index contributed by atoms with van der Waals surface area (Å²) < 4.78 is 5.54. The van der Waals surface area contributed by atoms with E-state index in [1.54, 1.807) is 0 Å². The highest BCUT2D eigenvalue weighted by molar-refractivity contribution is 5.20. The lowest BCUT2D eigenvalue weighted by atomic mass is 10.3. The van der Waals surface area contributed by atoms with E-state index >= 15 is 0 Å². The first-order valence-corrected chi connectivity index (χ1v) is 6.36. The highest BCUT2D eigenvalue weighted by atomic mass is 35.5. The molecule has 0 aromatic heterocycles. The van der Waals surface area contributed by atoms with Gasteiger partial charge in [0.2, 0.25) is 0 Å². The molecule has 1 aliphatic rings. The average molecular weight is 309 g/mol. The van der Waals surface area contributed by atoms with Crippen molar-refractivity contribution < 1.29 is 44.9 Å². The second-order valence-corrected chi connectivity index (χ2v) is 4.60. The first-order valence-electron chi connectivity index (χ1n) is 6.36. The fourth-order valence-electron chi connectivity index (χ4n) is 2.19. The Balaban J connectivity index is 0.00000162. The molecule has 0 spiro atoms. The third-order valence-corrected chi connectivity index (χ3v) is 3.11. The van der Waals surface area contributed by atoms with Crippen molar-refractivity contribution >= 4 is 0 Å². The monoisotopic (exact) mass is 308 g/mol. The van der Waals surface area contributed by atoms with Crippen LogP contribution in [0.25, 0.3) is 0 Å². The Labute approximate surface area is 127 Å². The van der Waals surface area contributed by atoms with Crippen LogP contribution in [0.4, 0.5) is 0 Å². The Morgan fingerprint density at radius 2 is 1.79 bits per heavy atom. The predicted molar refractivity (Wildman–Crippen MR) is 65.2 cm³/mol. The number of hydrogen-bond acceptors (Lipinski definition) is 2. The van der Waals surface area contributed by atoms with Gasteiger partial charge in [0.1, 0.15) is 51.2 Å². The van der Waals surface area contributed by atoms with Crippen LogP contribution >= 0.6 is 0 Å². The van der Waals surface area contributed by atoms with E-state index in [4.69, 9.17) is 4.74 Å². The molecule has 6 heteroatoms. The predicted octanol–water partition coefficient (Wildman–Crippen LogP) is -8.10. The van der Waals surface area contributed by atoms with Crippen LogP contribution in [0.2, 0.25) is 0 Å². The molecule has 0 radical (unpaired) electrons. The van der Waals surface area contributed by atoms with Crippen LogP contribution in [-0.2, 0) is 0 Å². The first kappa shape index (κ1) is 18.5. The van der Waals surface area contributed by atoms with Crippen LogP contribution < -0.4 is 39.8 Å². The maximum atomic E-state index is 9.91. The molecule has 2 rings (SSSR count). The lowest BCUT2D eigenvalue weighted by Gasteiger charge is -2.24. The molecule has 19 heavy (non-hydrogen) atoms. The Hall–Kier alpha value is -0.520. The lowest BCUT2D eigenvalue weighted by Crippen LogP contribution is -3.21. The summed E-state index contributed by atoms with van der Waals surface area (Å²) in [5.41, 5.74) is 0. The molecule has 0 amide bonds. The van der Waals surface area contributed by atoms with Crippen LogP contribution in [0, 0.1) is 0 Å². The SMILES string of the molecule is OC(COc1ccccc1)C[NH+]1CC[NH2+]CC1.[Cl-].[Cl-]. The molecule has 1 heterocycles. The van der Waals surface area contributed by atoms with Gasteiger partial charge in [0.05, 0.1) is 0 Å². The molecule has 1 fully saturated rings. The van der Waals surface area contributed by atoms with Crippen molar-refractivity contribution in [2.45, 2.75) is 6.10 Å². The van der Waals surface area contributed by atoms with E-state index in [9.17, 15) is 5.11 Å². The Morgan fingerprint density at radius 3 is 2.42 bits per heavy atom. The Kier molecular flexibility index (Phi) is 10.0. The van der Waals surface area contributed by atoms with Gasteiger partial charge in [0.25, 0.3) is 0 Å². The van der Waals surface area contributed by atoms with Gasteiger partial charge in [-0.05, 0) is 12.1 Å². The smallest absolute Gasteiger partial charge is 0.137 e. The number of benzene rings is 1. The second-order valence-electron chi connectivity index (χ2n) is 4.60. The summed E-state index contributed by atoms with van der Waals surface area (Å²) in [4.78, 5) is 1.48. The number of para-hydroxylation sites is 1. The van der Waals surface area contributed by atoms with E-state index < -0.39 is 0 Å². The Bertz CT molecular complexity index is 322. The van der Waals surface area contributed by atoms with Gasteiger partial charge in [0.15, 0.2) is 0 Å². The van der Waals surface area contributed by atoms with Gasteiger partial charge in [-0.3, -0.25) is 0 Å². The fourth-order valence-corrected chi connectivity index (χ4v) is 2.19. The largest absolute Gasteiger partial charge is 1.00 e. The molecule has 4 nitrogen and oxygen atoms in total. The normalized spacial score (nSPS) is 16.9. The number of rotatable bonds is 5. The molecular weight excluding hydrogens is 287 g/mol. The summed E-state index contributed by atoms with van der Waals surface area (Å²) in [5, 5.41) is 12.2. The minimum absolute atomic E-state index is 0. The second kappa shape index (κ2) is 10.3. The summed E-state index contributed by atoms with van der Waals surface area (Å²) in [7, 11) is 0. The summed E-state index contributed by atoms with van der Waals surface area (Å²) in [6.45, 7) is 5.80. The van der Waals surface area contributed by atoms with Crippen molar-refractivity contribution in [3.05, 3.63) is 30.3 Å². The van der Waals surface area contributed by atoms with Crippen molar-refractivity contribution in [2.75, 3.05) is 39.3 Å². The number of quaternary nitrogens is 2. The summed E-state index contributed by atoms with van der Waals surface area (Å²) >= 11 is 0. The summed E-state index contributed by atoms with van der Waals surface area (Å²) in [6, 6.07) is 9.66. The quantitative estimate of drug-likeness (QED) is 0.506. The van der Waals surface area contributed by atoms with Crippen LogP contribution in [0.3, 0.4) is 0 Å². The number of nitrogens with two attached hydrogens (primary N) is 1. The minimum Gasteiger partial charge on any atom is -1.00 e. The third kappa shape index (κ3) is 6.99. The van der Waals surface area contributed by atoms with Crippen molar-refractivity contribution in [1.29, 1.82) is 0 Å². The first-order chi connectivity index (χ1) is 8.34. The third-order valence-electron chi connectivity index (χ3n) is 3.11. The van der Waals surface area contributed by atoms with Crippen LogP contribution in [-0.4, -0.2) is 50.5 Å². The number of ether oxygens (including phenoxy) is 1. The molecule has 1 atom stereocenters. The topological polar surface area (TPSA) is 50.5 Å². The molecule has 1 aromatic rings. The van der Waals surface area contributed by atoms with Crippen molar-refractivity contribution in [3.8, 4) is 5.75 Å². The summed E-state index contributed by atoms with van der Waals surface area (Å²) in [6.07, 6.45) is -0.372. The van der Waals surface area contributed by atoms with E-state index in [1.165, 1.54) is 18.0 Å². The van der Waals surface area contributed by atoms with Gasteiger partial charge < -0.3 is 44.9 Å². The number of nitrogens with one attached hydrogen (secondary N) is 1. The van der Waals surface area contributed by atoms with Gasteiger partial charge in [-0.1, -0.05) is 18.2 Å². The summed E-state index contributed by atoms with van der Waals surface area (Å²) in [5.74, 6) is 0.827. The molecule has 1 aromatic carbocycles. The van der Waals surface area contributed by atoms with Crippen LogP contribution in [0.5, 0.6) is 5.75 Å². The van der Waals surface area contributed by atoms with Gasteiger partial charge in [0, 0.05) is 0 Å². The van der Waals surface area contributed by atoms with Gasteiger partial charge in [-0.15, -0.1) is 0 Å². The maximum Gasteiger partial charge on any atom is 0.137 e. The molecule has 0 aliphatic carbocycles. The molecule has 4 N–H and O–H groups in total. The van der Waals surface area contributed by atoms with Crippen LogP contribution in [0.1, 0.15) is 0 Å². The van der Waals surface area contributed by atoms with Gasteiger partial charge in [-0.25, -0.2) is 0 Å². The van der Waals surface area contributed by atoms with E-state index in [2.05, 4.69) is 5.32 Å². The molecule has 0 bridgehead atoms. The zero-order chi connectivity index (χ0) is 11.9. The zero-order valence-corrected chi connectivity index (χ0v) is 12.4. The highest BCUT2D eigenvalue weighted by Crippen LogP contribution is 2.08. The fraction of sp³-hybridized carbons (Fsp3) is 0.538. The number of halogens is 2. The molecular formula is C13H22Cl2N2O2.